The Kier molecular flexibility index (Phi) is 2.74. The summed E-state index contributed by atoms with van der Waals surface area (Å²) in [5, 5.41) is 0. The molecule has 0 spiro atoms. The second-order valence-corrected chi connectivity index (χ2v) is 2.92. The van der Waals surface area contributed by atoms with Gasteiger partial charge in [-0.15, -0.1) is 0 Å². The summed E-state index contributed by atoms with van der Waals surface area (Å²) in [6, 6.07) is 7.67. The smallest absolute Gasteiger partial charge is 0.191 e. The van der Waals surface area contributed by atoms with Crippen LogP contribution in [0.2, 0.25) is 0 Å². The van der Waals surface area contributed by atoms with Crippen LogP contribution in [0.1, 0.15) is 0 Å². The van der Waals surface area contributed by atoms with Gasteiger partial charge in [0.05, 0.1) is 11.4 Å². The van der Waals surface area contributed by atoms with Crippen LogP contribution in [0.3, 0.4) is 0 Å². The quantitative estimate of drug-likeness (QED) is 0.516. The van der Waals surface area contributed by atoms with Gasteiger partial charge < -0.3 is 16.4 Å². The van der Waals surface area contributed by atoms with Crippen LogP contribution >= 0.6 is 0 Å². The first-order valence-corrected chi connectivity index (χ1v) is 3.97. The molecule has 0 saturated carbocycles. The van der Waals surface area contributed by atoms with Crippen molar-refractivity contribution >= 4 is 17.3 Å². The lowest BCUT2D eigenvalue weighted by Gasteiger charge is -2.14. The maximum absolute atomic E-state index is 5.30. The highest BCUT2D eigenvalue weighted by Gasteiger charge is 2.01. The van der Waals surface area contributed by atoms with Crippen molar-refractivity contribution < 1.29 is 0 Å². The number of guanidine groups is 1. The van der Waals surface area contributed by atoms with E-state index in [-0.39, 0.29) is 5.96 Å². The van der Waals surface area contributed by atoms with Crippen molar-refractivity contribution in [1.82, 2.24) is 0 Å². The fourth-order valence-corrected chi connectivity index (χ4v) is 1.08. The Morgan fingerprint density at radius 1 is 1.23 bits per heavy atom. The van der Waals surface area contributed by atoms with E-state index in [1.807, 2.05) is 43.3 Å². The number of benzene rings is 1. The molecule has 13 heavy (non-hydrogen) atoms. The normalized spacial score (nSPS) is 9.38. The van der Waals surface area contributed by atoms with Gasteiger partial charge in [0.1, 0.15) is 0 Å². The van der Waals surface area contributed by atoms with Crippen molar-refractivity contribution in [2.75, 3.05) is 19.0 Å². The molecule has 0 aliphatic rings. The van der Waals surface area contributed by atoms with E-state index in [4.69, 9.17) is 11.5 Å². The number of hydrogen-bond donors (Lipinski definition) is 2. The van der Waals surface area contributed by atoms with Gasteiger partial charge in [-0.1, -0.05) is 12.1 Å². The van der Waals surface area contributed by atoms with Gasteiger partial charge in [-0.3, -0.25) is 0 Å². The first-order chi connectivity index (χ1) is 6.11. The zero-order valence-electron chi connectivity index (χ0n) is 7.86. The third kappa shape index (κ3) is 2.37. The molecule has 0 aromatic heterocycles. The standard InChI is InChI=1S/C9H14N4/c1-13(2)8-6-4-3-5-7(8)12-9(10)11/h3-6H,1-2H3,(H4,10,11,12). The SMILES string of the molecule is CN(C)c1ccccc1N=C(N)N. The van der Waals surface area contributed by atoms with Crippen molar-refractivity contribution in [2.45, 2.75) is 0 Å². The van der Waals surface area contributed by atoms with Gasteiger partial charge in [-0.2, -0.15) is 0 Å². The molecule has 70 valence electrons. The Morgan fingerprint density at radius 3 is 2.38 bits per heavy atom. The molecule has 4 N–H and O–H groups in total. The lowest BCUT2D eigenvalue weighted by atomic mass is 10.2. The topological polar surface area (TPSA) is 67.6 Å². The molecule has 0 atom stereocenters. The molecule has 0 aliphatic carbocycles. The molecule has 4 nitrogen and oxygen atoms in total. The van der Waals surface area contributed by atoms with E-state index in [1.54, 1.807) is 0 Å². The van der Waals surface area contributed by atoms with Crippen molar-refractivity contribution in [3.8, 4) is 0 Å². The molecule has 0 fully saturated rings. The Labute approximate surface area is 77.9 Å². The average Bonchev–Trinajstić information content (AvgIpc) is 2.03. The summed E-state index contributed by atoms with van der Waals surface area (Å²) in [6.45, 7) is 0. The van der Waals surface area contributed by atoms with Gasteiger partial charge in [0.2, 0.25) is 0 Å². The van der Waals surface area contributed by atoms with Crippen LogP contribution in [0.5, 0.6) is 0 Å². The first-order valence-electron chi connectivity index (χ1n) is 3.97. The summed E-state index contributed by atoms with van der Waals surface area (Å²) in [4.78, 5) is 5.97. The van der Waals surface area contributed by atoms with Gasteiger partial charge in [-0.25, -0.2) is 4.99 Å². The van der Waals surface area contributed by atoms with E-state index in [0.717, 1.165) is 11.4 Å². The highest BCUT2D eigenvalue weighted by Crippen LogP contribution is 2.25. The average molecular weight is 178 g/mol. The largest absolute Gasteiger partial charge is 0.376 e. The molecule has 1 rings (SSSR count). The monoisotopic (exact) mass is 178 g/mol. The number of aliphatic imine (C=N–C) groups is 1. The van der Waals surface area contributed by atoms with Crippen LogP contribution in [-0.2, 0) is 0 Å². The third-order valence-electron chi connectivity index (χ3n) is 1.61. The minimum absolute atomic E-state index is 0.0781. The van der Waals surface area contributed by atoms with E-state index < -0.39 is 0 Å². The van der Waals surface area contributed by atoms with Gasteiger partial charge in [-0.05, 0) is 12.1 Å². The second kappa shape index (κ2) is 3.80. The maximum Gasteiger partial charge on any atom is 0.191 e. The second-order valence-electron chi connectivity index (χ2n) is 2.92. The third-order valence-corrected chi connectivity index (χ3v) is 1.61. The molecule has 0 amide bonds. The maximum atomic E-state index is 5.30. The molecule has 0 bridgehead atoms. The molecule has 0 saturated heterocycles. The lowest BCUT2D eigenvalue weighted by Crippen LogP contribution is -2.22. The summed E-state index contributed by atoms with van der Waals surface area (Å²) in [5.74, 6) is 0.0781. The molecule has 0 radical (unpaired) electrons. The van der Waals surface area contributed by atoms with Crippen molar-refractivity contribution in [2.24, 2.45) is 16.5 Å². The van der Waals surface area contributed by atoms with Gasteiger partial charge in [0.25, 0.3) is 0 Å². The van der Waals surface area contributed by atoms with Crippen LogP contribution < -0.4 is 16.4 Å². The number of nitrogens with zero attached hydrogens (tertiary/aromatic N) is 2. The van der Waals surface area contributed by atoms with Crippen LogP contribution in [0.15, 0.2) is 29.3 Å². The molecular weight excluding hydrogens is 164 g/mol. The summed E-state index contributed by atoms with van der Waals surface area (Å²) in [7, 11) is 3.89. The summed E-state index contributed by atoms with van der Waals surface area (Å²) in [5.41, 5.74) is 12.4. The number of rotatable bonds is 2. The van der Waals surface area contributed by atoms with E-state index in [2.05, 4.69) is 4.99 Å². The number of anilines is 1. The van der Waals surface area contributed by atoms with E-state index in [9.17, 15) is 0 Å². The predicted molar refractivity (Wildman–Crippen MR) is 56.2 cm³/mol. The van der Waals surface area contributed by atoms with E-state index in [0.29, 0.717) is 0 Å². The Morgan fingerprint density at radius 2 is 1.85 bits per heavy atom. The van der Waals surface area contributed by atoms with Gasteiger partial charge in [0, 0.05) is 14.1 Å². The van der Waals surface area contributed by atoms with Crippen LogP contribution in [0, 0.1) is 0 Å². The van der Waals surface area contributed by atoms with Gasteiger partial charge >= 0.3 is 0 Å². The molecule has 1 aromatic carbocycles. The Hall–Kier alpha value is -1.71. The lowest BCUT2D eigenvalue weighted by molar-refractivity contribution is 1.13. The van der Waals surface area contributed by atoms with Crippen molar-refractivity contribution in [1.29, 1.82) is 0 Å². The van der Waals surface area contributed by atoms with Crippen LogP contribution in [0.4, 0.5) is 11.4 Å². The number of nitrogens with two attached hydrogens (primary N) is 2. The van der Waals surface area contributed by atoms with Crippen molar-refractivity contribution in [3.63, 3.8) is 0 Å². The van der Waals surface area contributed by atoms with E-state index in [1.165, 1.54) is 0 Å². The van der Waals surface area contributed by atoms with E-state index >= 15 is 0 Å². The molecule has 0 heterocycles. The number of hydrogen-bond acceptors (Lipinski definition) is 2. The van der Waals surface area contributed by atoms with Gasteiger partial charge in [0.15, 0.2) is 5.96 Å². The highest BCUT2D eigenvalue weighted by molar-refractivity contribution is 5.82. The van der Waals surface area contributed by atoms with Crippen molar-refractivity contribution in [3.05, 3.63) is 24.3 Å². The first kappa shape index (κ1) is 9.38. The summed E-state index contributed by atoms with van der Waals surface area (Å²) >= 11 is 0. The molecular formula is C9H14N4. The Bertz CT molecular complexity index is 313. The molecule has 0 unspecified atom stereocenters. The minimum Gasteiger partial charge on any atom is -0.376 e. The summed E-state index contributed by atoms with van der Waals surface area (Å²) in [6.07, 6.45) is 0. The van der Waals surface area contributed by atoms with Crippen LogP contribution in [-0.4, -0.2) is 20.1 Å². The summed E-state index contributed by atoms with van der Waals surface area (Å²) < 4.78 is 0. The Balaban J connectivity index is 3.12. The zero-order valence-corrected chi connectivity index (χ0v) is 7.86. The molecule has 0 aliphatic heterocycles. The highest BCUT2D eigenvalue weighted by atomic mass is 15.1. The molecule has 4 heteroatoms. The van der Waals surface area contributed by atoms with Crippen LogP contribution in [0.25, 0.3) is 0 Å². The fourth-order valence-electron chi connectivity index (χ4n) is 1.08. The minimum atomic E-state index is 0.0781. The fraction of sp³-hybridized carbons (Fsp3) is 0.222. The molecule has 1 aromatic rings. The predicted octanol–water partition coefficient (Wildman–Crippen LogP) is 0.657. The zero-order chi connectivity index (χ0) is 9.84. The number of para-hydroxylation sites is 2.